The Bertz CT molecular complexity index is 781. The number of rotatable bonds is 4. The quantitative estimate of drug-likeness (QED) is 0.656. The van der Waals surface area contributed by atoms with E-state index < -0.39 is 23.9 Å². The summed E-state index contributed by atoms with van der Waals surface area (Å²) in [6.45, 7) is 4.99. The van der Waals surface area contributed by atoms with Crippen LogP contribution >= 0.6 is 0 Å². The maximum absolute atomic E-state index is 11.6. The monoisotopic (exact) mass is 335 g/mol. The summed E-state index contributed by atoms with van der Waals surface area (Å²) in [5.41, 5.74) is -0.139. The van der Waals surface area contributed by atoms with E-state index in [9.17, 15) is 19.8 Å². The molecule has 0 saturated carbocycles. The Morgan fingerprint density at radius 2 is 2.08 bits per heavy atom. The Balaban J connectivity index is 2.04. The molecule has 0 aliphatic carbocycles. The van der Waals surface area contributed by atoms with Crippen LogP contribution in [0, 0.1) is 0 Å². The van der Waals surface area contributed by atoms with Crippen molar-refractivity contribution < 1.29 is 19.7 Å². The topological polar surface area (TPSA) is 125 Å². The highest BCUT2D eigenvalue weighted by Gasteiger charge is 2.22. The highest BCUT2D eigenvalue weighted by molar-refractivity contribution is 5.77. The first-order valence-corrected chi connectivity index (χ1v) is 7.48. The van der Waals surface area contributed by atoms with Gasteiger partial charge in [-0.15, -0.1) is 0 Å². The van der Waals surface area contributed by atoms with Crippen LogP contribution in [0.1, 0.15) is 32.4 Å². The fourth-order valence-corrected chi connectivity index (χ4v) is 2.11. The number of fused-ring (bicyclic) bond motifs is 1. The summed E-state index contributed by atoms with van der Waals surface area (Å²) in [5, 5.41) is 23.0. The number of amides is 1. The van der Waals surface area contributed by atoms with Crippen molar-refractivity contribution in [2.45, 2.75) is 38.6 Å². The summed E-state index contributed by atoms with van der Waals surface area (Å²) in [7, 11) is 0. The summed E-state index contributed by atoms with van der Waals surface area (Å²) in [5.74, 6) is 0. The molecule has 2 unspecified atom stereocenters. The van der Waals surface area contributed by atoms with Crippen LogP contribution in [0.15, 0.2) is 29.3 Å². The fraction of sp³-hybridized carbons (Fsp3) is 0.438. The van der Waals surface area contributed by atoms with Crippen LogP contribution < -0.4 is 10.9 Å². The molecule has 8 nitrogen and oxygen atoms in total. The molecule has 0 fully saturated rings. The number of aliphatic hydroxyl groups is 2. The first-order chi connectivity index (χ1) is 11.2. The van der Waals surface area contributed by atoms with Crippen molar-refractivity contribution in [2.24, 2.45) is 0 Å². The molecule has 1 aromatic heterocycles. The van der Waals surface area contributed by atoms with Crippen molar-refractivity contribution in [3.63, 3.8) is 0 Å². The molecule has 0 radical (unpaired) electrons. The van der Waals surface area contributed by atoms with Crippen LogP contribution in [0.2, 0.25) is 0 Å². The van der Waals surface area contributed by atoms with E-state index in [1.54, 1.807) is 20.8 Å². The van der Waals surface area contributed by atoms with Crippen molar-refractivity contribution in [3.8, 4) is 0 Å². The van der Waals surface area contributed by atoms with Gasteiger partial charge in [-0.25, -0.2) is 9.78 Å². The van der Waals surface area contributed by atoms with E-state index in [-0.39, 0.29) is 12.1 Å². The SMILES string of the molecule is CC(C)(C)OC(=O)NCC(O)C(O)c1ccc2c(=O)[nH]cnc2c1. The predicted octanol–water partition coefficient (Wildman–Crippen LogP) is 0.842. The zero-order valence-corrected chi connectivity index (χ0v) is 13.7. The third kappa shape index (κ3) is 4.53. The average Bonchev–Trinajstić information content (AvgIpc) is 2.50. The van der Waals surface area contributed by atoms with Gasteiger partial charge in [-0.1, -0.05) is 6.07 Å². The molecule has 1 heterocycles. The number of benzene rings is 1. The van der Waals surface area contributed by atoms with Gasteiger partial charge in [0.05, 0.1) is 17.2 Å². The predicted molar refractivity (Wildman–Crippen MR) is 87.6 cm³/mol. The number of H-pyrrole nitrogens is 1. The summed E-state index contributed by atoms with van der Waals surface area (Å²) in [6, 6.07) is 4.57. The standard InChI is InChI=1S/C16H21N3O5/c1-16(2,3)24-15(23)17-7-12(20)13(21)9-4-5-10-11(6-9)18-8-19-14(10)22/h4-6,8,12-13,20-21H,7H2,1-3H3,(H,17,23)(H,18,19,22). The van der Waals surface area contributed by atoms with Gasteiger partial charge < -0.3 is 25.3 Å². The highest BCUT2D eigenvalue weighted by Crippen LogP contribution is 2.20. The lowest BCUT2D eigenvalue weighted by atomic mass is 10.0. The van der Waals surface area contributed by atoms with Gasteiger partial charge in [0, 0.05) is 6.54 Å². The second-order valence-corrected chi connectivity index (χ2v) is 6.40. The van der Waals surface area contributed by atoms with Crippen LogP contribution in [0.3, 0.4) is 0 Å². The van der Waals surface area contributed by atoms with Gasteiger partial charge in [0.1, 0.15) is 17.8 Å². The molecule has 0 spiro atoms. The van der Waals surface area contributed by atoms with Crippen molar-refractivity contribution in [2.75, 3.05) is 6.54 Å². The first kappa shape index (κ1) is 17.9. The summed E-state index contributed by atoms with van der Waals surface area (Å²) in [4.78, 5) is 29.7. The van der Waals surface area contributed by atoms with E-state index >= 15 is 0 Å². The lowest BCUT2D eigenvalue weighted by molar-refractivity contribution is 0.0130. The van der Waals surface area contributed by atoms with E-state index in [1.807, 2.05) is 0 Å². The first-order valence-electron chi connectivity index (χ1n) is 7.48. The van der Waals surface area contributed by atoms with Gasteiger partial charge >= 0.3 is 6.09 Å². The molecular formula is C16H21N3O5. The normalized spacial score (nSPS) is 14.2. The summed E-state index contributed by atoms with van der Waals surface area (Å²) in [6.07, 6.45) is -1.90. The number of hydrogen-bond donors (Lipinski definition) is 4. The molecular weight excluding hydrogens is 314 g/mol. The molecule has 1 amide bonds. The minimum absolute atomic E-state index is 0.184. The van der Waals surface area contributed by atoms with Crippen molar-refractivity contribution in [1.29, 1.82) is 0 Å². The molecule has 8 heteroatoms. The number of aromatic nitrogens is 2. The molecule has 0 aliphatic rings. The zero-order valence-electron chi connectivity index (χ0n) is 13.7. The number of carbonyl (C=O) groups is 1. The molecule has 4 N–H and O–H groups in total. The van der Waals surface area contributed by atoms with Crippen molar-refractivity contribution >= 4 is 17.0 Å². The van der Waals surface area contributed by atoms with Crippen LogP contribution in [-0.4, -0.2) is 44.5 Å². The van der Waals surface area contributed by atoms with Gasteiger partial charge in [0.25, 0.3) is 5.56 Å². The zero-order chi connectivity index (χ0) is 17.9. The third-order valence-electron chi connectivity index (χ3n) is 3.23. The van der Waals surface area contributed by atoms with Gasteiger partial charge in [0.15, 0.2) is 0 Å². The Morgan fingerprint density at radius 1 is 1.38 bits per heavy atom. The largest absolute Gasteiger partial charge is 0.444 e. The van der Waals surface area contributed by atoms with E-state index in [0.717, 1.165) is 0 Å². The molecule has 2 atom stereocenters. The van der Waals surface area contributed by atoms with E-state index in [0.29, 0.717) is 16.5 Å². The molecule has 0 bridgehead atoms. The number of hydrogen-bond acceptors (Lipinski definition) is 6. The van der Waals surface area contributed by atoms with Gasteiger partial charge in [-0.05, 0) is 38.5 Å². The number of nitrogens with one attached hydrogen (secondary N) is 2. The third-order valence-corrected chi connectivity index (χ3v) is 3.23. The Kier molecular flexibility index (Phi) is 5.20. The Hall–Kier alpha value is -2.45. The number of alkyl carbamates (subject to hydrolysis) is 1. The summed E-state index contributed by atoms with van der Waals surface area (Å²) >= 11 is 0. The smallest absolute Gasteiger partial charge is 0.407 e. The van der Waals surface area contributed by atoms with Gasteiger partial charge in [-0.2, -0.15) is 0 Å². The number of aliphatic hydroxyl groups excluding tert-OH is 2. The average molecular weight is 335 g/mol. The second kappa shape index (κ2) is 6.98. The maximum atomic E-state index is 11.6. The molecule has 0 aliphatic heterocycles. The number of carbonyl (C=O) groups excluding carboxylic acids is 1. The molecule has 0 saturated heterocycles. The van der Waals surface area contributed by atoms with Crippen LogP contribution in [0.25, 0.3) is 10.9 Å². The summed E-state index contributed by atoms with van der Waals surface area (Å²) < 4.78 is 5.05. The number of ether oxygens (including phenoxy) is 1. The molecule has 1 aromatic carbocycles. The minimum Gasteiger partial charge on any atom is -0.444 e. The van der Waals surface area contributed by atoms with E-state index in [1.165, 1.54) is 24.5 Å². The lowest BCUT2D eigenvalue weighted by Crippen LogP contribution is -2.38. The number of aromatic amines is 1. The van der Waals surface area contributed by atoms with Gasteiger partial charge in [-0.3, -0.25) is 4.79 Å². The minimum atomic E-state index is -1.24. The van der Waals surface area contributed by atoms with Crippen molar-refractivity contribution in [1.82, 2.24) is 15.3 Å². The highest BCUT2D eigenvalue weighted by atomic mass is 16.6. The number of nitrogens with zero attached hydrogens (tertiary/aromatic N) is 1. The second-order valence-electron chi connectivity index (χ2n) is 6.40. The fourth-order valence-electron chi connectivity index (χ4n) is 2.11. The molecule has 2 rings (SSSR count). The lowest BCUT2D eigenvalue weighted by Gasteiger charge is -2.22. The van der Waals surface area contributed by atoms with Crippen LogP contribution in [-0.2, 0) is 4.74 Å². The van der Waals surface area contributed by atoms with Crippen LogP contribution in [0.4, 0.5) is 4.79 Å². The Morgan fingerprint density at radius 3 is 2.75 bits per heavy atom. The maximum Gasteiger partial charge on any atom is 0.407 e. The molecule has 2 aromatic rings. The van der Waals surface area contributed by atoms with E-state index in [2.05, 4.69) is 15.3 Å². The van der Waals surface area contributed by atoms with E-state index in [4.69, 9.17) is 4.74 Å². The molecule has 130 valence electrons. The van der Waals surface area contributed by atoms with Crippen LogP contribution in [0.5, 0.6) is 0 Å². The van der Waals surface area contributed by atoms with Gasteiger partial charge in [0.2, 0.25) is 0 Å². The Labute approximate surface area is 138 Å². The molecule has 24 heavy (non-hydrogen) atoms. The van der Waals surface area contributed by atoms with Crippen molar-refractivity contribution in [3.05, 3.63) is 40.4 Å².